The van der Waals surface area contributed by atoms with Gasteiger partial charge in [-0.15, -0.1) is 0 Å². The molecular formula is C21H21ClFNO3. The lowest BCUT2D eigenvalue weighted by molar-refractivity contribution is -0.142. The van der Waals surface area contributed by atoms with Crippen molar-refractivity contribution in [2.24, 2.45) is 11.8 Å². The summed E-state index contributed by atoms with van der Waals surface area (Å²) in [6, 6.07) is 13.4. The summed E-state index contributed by atoms with van der Waals surface area (Å²) in [4.78, 5) is 26.1. The van der Waals surface area contributed by atoms with Crippen LogP contribution in [0.2, 0.25) is 5.02 Å². The van der Waals surface area contributed by atoms with E-state index in [4.69, 9.17) is 11.6 Å². The molecule has 0 radical (unpaired) electrons. The number of halogens is 2. The molecule has 0 bridgehead atoms. The average Bonchev–Trinajstić information content (AvgIpc) is 3.09. The monoisotopic (exact) mass is 389 g/mol. The van der Waals surface area contributed by atoms with Gasteiger partial charge in [-0.05, 0) is 35.7 Å². The van der Waals surface area contributed by atoms with Crippen LogP contribution in [0.25, 0.3) is 0 Å². The third kappa shape index (κ3) is 4.30. The summed E-state index contributed by atoms with van der Waals surface area (Å²) in [6.07, 6.45) is 0.283. The number of carbonyl (C=O) groups is 2. The Labute approximate surface area is 162 Å². The number of carboxylic acid groups (broad SMARTS) is 1. The Morgan fingerprint density at radius 3 is 2.48 bits per heavy atom. The van der Waals surface area contributed by atoms with E-state index in [-0.39, 0.29) is 30.6 Å². The predicted octanol–water partition coefficient (Wildman–Crippen LogP) is 3.98. The van der Waals surface area contributed by atoms with Crippen LogP contribution in [0.1, 0.15) is 24.0 Å². The number of hydrogen-bond acceptors (Lipinski definition) is 2. The Kier molecular flexibility index (Phi) is 5.80. The summed E-state index contributed by atoms with van der Waals surface area (Å²) >= 11 is 5.92. The number of benzene rings is 2. The van der Waals surface area contributed by atoms with Gasteiger partial charge in [0.05, 0.1) is 5.92 Å². The Balaban J connectivity index is 1.74. The van der Waals surface area contributed by atoms with Crippen molar-refractivity contribution in [1.29, 1.82) is 0 Å². The van der Waals surface area contributed by atoms with Crippen LogP contribution in [-0.4, -0.2) is 35.0 Å². The number of nitrogens with zero attached hydrogens (tertiary/aromatic N) is 1. The molecule has 4 nitrogen and oxygen atoms in total. The number of hydrogen-bond donors (Lipinski definition) is 1. The molecule has 1 unspecified atom stereocenters. The van der Waals surface area contributed by atoms with Gasteiger partial charge in [0.2, 0.25) is 5.91 Å². The second-order valence-electron chi connectivity index (χ2n) is 7.04. The molecule has 1 aliphatic rings. The number of aliphatic carboxylic acids is 1. The normalized spacial score (nSPS) is 20.5. The van der Waals surface area contributed by atoms with E-state index in [1.165, 1.54) is 6.07 Å². The van der Waals surface area contributed by atoms with Gasteiger partial charge in [-0.25, -0.2) is 4.39 Å². The third-order valence-corrected chi connectivity index (χ3v) is 5.40. The molecule has 2 aromatic rings. The van der Waals surface area contributed by atoms with Crippen LogP contribution >= 0.6 is 11.6 Å². The summed E-state index contributed by atoms with van der Waals surface area (Å²) in [6.45, 7) is 2.24. The van der Waals surface area contributed by atoms with Crippen LogP contribution < -0.4 is 0 Å². The third-order valence-electron chi connectivity index (χ3n) is 5.15. The van der Waals surface area contributed by atoms with Crippen molar-refractivity contribution in [2.75, 3.05) is 13.1 Å². The van der Waals surface area contributed by atoms with Gasteiger partial charge in [0.15, 0.2) is 0 Å². The van der Waals surface area contributed by atoms with E-state index in [0.717, 1.165) is 5.56 Å². The maximum Gasteiger partial charge on any atom is 0.308 e. The predicted molar refractivity (Wildman–Crippen MR) is 101 cm³/mol. The van der Waals surface area contributed by atoms with Gasteiger partial charge < -0.3 is 10.0 Å². The highest BCUT2D eigenvalue weighted by atomic mass is 35.5. The summed E-state index contributed by atoms with van der Waals surface area (Å²) in [5.74, 6) is -2.80. The van der Waals surface area contributed by atoms with Gasteiger partial charge >= 0.3 is 5.97 Å². The van der Waals surface area contributed by atoms with Gasteiger partial charge in [-0.1, -0.05) is 48.9 Å². The van der Waals surface area contributed by atoms with Gasteiger partial charge in [-0.2, -0.15) is 0 Å². The highest BCUT2D eigenvalue weighted by Crippen LogP contribution is 2.34. The standard InChI is InChI=1S/C21H21ClFNO3/c1-13(10-15-4-2-3-5-19(15)23)20(25)24-11-17(18(12-24)21(26)27)14-6-8-16(22)9-7-14/h2-9,13,17-18H,10-12H2,1H3,(H,26,27)/t13?,17-,18+/m0/s1. The molecule has 0 aromatic heterocycles. The van der Waals surface area contributed by atoms with Gasteiger partial charge in [-0.3, -0.25) is 9.59 Å². The fourth-order valence-electron chi connectivity index (χ4n) is 3.67. The number of rotatable bonds is 5. The lowest BCUT2D eigenvalue weighted by Crippen LogP contribution is -2.35. The van der Waals surface area contributed by atoms with Crippen molar-refractivity contribution < 1.29 is 19.1 Å². The molecule has 3 atom stereocenters. The minimum Gasteiger partial charge on any atom is -0.481 e. The SMILES string of the molecule is CC(Cc1ccccc1F)C(=O)N1C[C@@H](C(=O)O)[C@H](c2ccc(Cl)cc2)C1. The van der Waals surface area contributed by atoms with E-state index in [9.17, 15) is 19.1 Å². The van der Waals surface area contributed by atoms with Crippen LogP contribution in [0.4, 0.5) is 4.39 Å². The van der Waals surface area contributed by atoms with E-state index >= 15 is 0 Å². The Morgan fingerprint density at radius 1 is 1.19 bits per heavy atom. The Hall–Kier alpha value is -2.40. The lowest BCUT2D eigenvalue weighted by atomic mass is 9.89. The minimum atomic E-state index is -0.924. The summed E-state index contributed by atoms with van der Waals surface area (Å²) in [7, 11) is 0. The molecule has 0 saturated carbocycles. The molecule has 0 aliphatic carbocycles. The largest absolute Gasteiger partial charge is 0.481 e. The van der Waals surface area contributed by atoms with E-state index in [1.807, 2.05) is 0 Å². The first-order valence-corrected chi connectivity index (χ1v) is 9.25. The first kappa shape index (κ1) is 19.4. The molecule has 1 aliphatic heterocycles. The first-order valence-electron chi connectivity index (χ1n) is 8.87. The molecule has 1 fully saturated rings. The van der Waals surface area contributed by atoms with E-state index in [2.05, 4.69) is 0 Å². The fraction of sp³-hybridized carbons (Fsp3) is 0.333. The van der Waals surface area contributed by atoms with E-state index in [1.54, 1.807) is 54.3 Å². The Bertz CT molecular complexity index is 840. The highest BCUT2D eigenvalue weighted by Gasteiger charge is 2.41. The lowest BCUT2D eigenvalue weighted by Gasteiger charge is -2.21. The number of carbonyl (C=O) groups excluding carboxylic acids is 1. The van der Waals surface area contributed by atoms with Crippen molar-refractivity contribution in [2.45, 2.75) is 19.3 Å². The summed E-state index contributed by atoms with van der Waals surface area (Å²) in [5, 5.41) is 10.2. The van der Waals surface area contributed by atoms with Crippen LogP contribution in [0.5, 0.6) is 0 Å². The molecular weight excluding hydrogens is 369 g/mol. The summed E-state index contributed by atoms with van der Waals surface area (Å²) < 4.78 is 13.9. The number of likely N-dealkylation sites (tertiary alicyclic amines) is 1. The van der Waals surface area contributed by atoms with Crippen molar-refractivity contribution in [1.82, 2.24) is 4.90 Å². The molecule has 2 aromatic carbocycles. The topological polar surface area (TPSA) is 57.6 Å². The van der Waals surface area contributed by atoms with Gasteiger partial charge in [0.25, 0.3) is 0 Å². The van der Waals surface area contributed by atoms with Crippen LogP contribution in [-0.2, 0) is 16.0 Å². The molecule has 142 valence electrons. The number of carboxylic acids is 1. The molecule has 1 heterocycles. The fourth-order valence-corrected chi connectivity index (χ4v) is 3.80. The molecule has 6 heteroatoms. The Morgan fingerprint density at radius 2 is 1.85 bits per heavy atom. The smallest absolute Gasteiger partial charge is 0.308 e. The molecule has 27 heavy (non-hydrogen) atoms. The second-order valence-corrected chi connectivity index (χ2v) is 7.48. The molecule has 3 rings (SSSR count). The zero-order valence-corrected chi connectivity index (χ0v) is 15.7. The minimum absolute atomic E-state index is 0.152. The van der Waals surface area contributed by atoms with Crippen molar-refractivity contribution in [3.05, 3.63) is 70.5 Å². The summed E-state index contributed by atoms with van der Waals surface area (Å²) in [5.41, 5.74) is 1.34. The molecule has 1 N–H and O–H groups in total. The zero-order valence-electron chi connectivity index (χ0n) is 14.9. The second kappa shape index (κ2) is 8.09. The maximum atomic E-state index is 13.9. The number of amides is 1. The quantitative estimate of drug-likeness (QED) is 0.841. The molecule has 1 amide bonds. The van der Waals surface area contributed by atoms with Crippen molar-refractivity contribution in [3.8, 4) is 0 Å². The first-order chi connectivity index (χ1) is 12.9. The van der Waals surface area contributed by atoms with Crippen LogP contribution in [0.3, 0.4) is 0 Å². The average molecular weight is 390 g/mol. The van der Waals surface area contributed by atoms with Gasteiger partial charge in [0.1, 0.15) is 5.82 Å². The van der Waals surface area contributed by atoms with Crippen LogP contribution in [0.15, 0.2) is 48.5 Å². The van der Waals surface area contributed by atoms with Crippen LogP contribution in [0, 0.1) is 17.7 Å². The van der Waals surface area contributed by atoms with E-state index < -0.39 is 17.8 Å². The maximum absolute atomic E-state index is 13.9. The van der Waals surface area contributed by atoms with Crippen molar-refractivity contribution >= 4 is 23.5 Å². The zero-order chi connectivity index (χ0) is 19.6. The van der Waals surface area contributed by atoms with E-state index in [0.29, 0.717) is 17.1 Å². The van der Waals surface area contributed by atoms with Gasteiger partial charge in [0, 0.05) is 29.9 Å². The molecule has 1 saturated heterocycles. The van der Waals surface area contributed by atoms with Crippen molar-refractivity contribution in [3.63, 3.8) is 0 Å². The molecule has 0 spiro atoms. The highest BCUT2D eigenvalue weighted by molar-refractivity contribution is 6.30.